The molecule has 0 radical (unpaired) electrons. The first-order valence-electron chi connectivity index (χ1n) is 6.75. The van der Waals surface area contributed by atoms with Gasteiger partial charge in [-0.15, -0.1) is 0 Å². The van der Waals surface area contributed by atoms with Crippen LogP contribution in [-0.4, -0.2) is 15.3 Å². The van der Waals surface area contributed by atoms with Gasteiger partial charge in [0.15, 0.2) is 0 Å². The first-order valence-corrected chi connectivity index (χ1v) is 6.75. The van der Waals surface area contributed by atoms with Crippen LogP contribution in [0, 0.1) is 11.8 Å². The molecule has 1 aliphatic carbocycles. The summed E-state index contributed by atoms with van der Waals surface area (Å²) in [5.74, 6) is 1.55. The molecule has 3 nitrogen and oxygen atoms in total. The van der Waals surface area contributed by atoms with E-state index in [9.17, 15) is 0 Å². The summed E-state index contributed by atoms with van der Waals surface area (Å²) in [5.41, 5.74) is 7.86. The summed E-state index contributed by atoms with van der Waals surface area (Å²) in [6, 6.07) is 0. The van der Waals surface area contributed by atoms with Gasteiger partial charge in [0.1, 0.15) is 0 Å². The van der Waals surface area contributed by atoms with Crippen molar-refractivity contribution in [3.05, 3.63) is 18.0 Å². The van der Waals surface area contributed by atoms with Crippen LogP contribution in [0.15, 0.2) is 12.4 Å². The minimum absolute atomic E-state index is 0.00375. The molecule has 0 bridgehead atoms. The van der Waals surface area contributed by atoms with Gasteiger partial charge < -0.3 is 5.73 Å². The molecule has 1 aliphatic rings. The minimum Gasteiger partial charge on any atom is -0.325 e. The number of rotatable bonds is 3. The van der Waals surface area contributed by atoms with Gasteiger partial charge in [-0.3, -0.25) is 4.68 Å². The lowest BCUT2D eigenvalue weighted by atomic mass is 9.70. The van der Waals surface area contributed by atoms with Crippen molar-refractivity contribution < 1.29 is 0 Å². The van der Waals surface area contributed by atoms with E-state index in [4.69, 9.17) is 5.73 Å². The Balaban J connectivity index is 2.03. The third-order valence-corrected chi connectivity index (χ3v) is 4.18. The zero-order chi connectivity index (χ0) is 12.5. The Morgan fingerprint density at radius 1 is 1.59 bits per heavy atom. The van der Waals surface area contributed by atoms with E-state index in [0.717, 1.165) is 24.7 Å². The Kier molecular flexibility index (Phi) is 3.57. The van der Waals surface area contributed by atoms with Crippen LogP contribution >= 0.6 is 0 Å². The molecule has 2 N–H and O–H groups in total. The normalized spacial score (nSPS) is 29.8. The second-order valence-electron chi connectivity index (χ2n) is 6.16. The van der Waals surface area contributed by atoms with Crippen LogP contribution in [0.25, 0.3) is 0 Å². The van der Waals surface area contributed by atoms with Crippen LogP contribution in [0.1, 0.15) is 45.1 Å². The van der Waals surface area contributed by atoms with Crippen molar-refractivity contribution in [2.75, 3.05) is 0 Å². The van der Waals surface area contributed by atoms with E-state index < -0.39 is 0 Å². The fraction of sp³-hybridized carbons (Fsp3) is 0.786. The molecule has 2 atom stereocenters. The maximum atomic E-state index is 6.59. The average molecular weight is 235 g/mol. The van der Waals surface area contributed by atoms with E-state index in [1.807, 2.05) is 17.9 Å². The largest absolute Gasteiger partial charge is 0.325 e. The molecule has 0 saturated heterocycles. The molecule has 1 fully saturated rings. The van der Waals surface area contributed by atoms with E-state index in [-0.39, 0.29) is 5.54 Å². The Morgan fingerprint density at radius 2 is 2.35 bits per heavy atom. The SMILES string of the molecule is CC(C)C1CCCC(N)(Cc2cnn(C)c2)C1. The van der Waals surface area contributed by atoms with Crippen molar-refractivity contribution >= 4 is 0 Å². The van der Waals surface area contributed by atoms with Crippen molar-refractivity contribution in [3.8, 4) is 0 Å². The van der Waals surface area contributed by atoms with Crippen LogP contribution in [-0.2, 0) is 13.5 Å². The van der Waals surface area contributed by atoms with Crippen LogP contribution in [0.3, 0.4) is 0 Å². The number of hydrogen-bond donors (Lipinski definition) is 1. The van der Waals surface area contributed by atoms with Crippen LogP contribution < -0.4 is 5.73 Å². The van der Waals surface area contributed by atoms with Gasteiger partial charge in [-0.25, -0.2) is 0 Å². The molecule has 1 saturated carbocycles. The fourth-order valence-electron chi connectivity index (χ4n) is 3.14. The lowest BCUT2D eigenvalue weighted by Crippen LogP contribution is -2.47. The molecule has 0 spiro atoms. The molecule has 2 unspecified atom stereocenters. The first kappa shape index (κ1) is 12.6. The van der Waals surface area contributed by atoms with Gasteiger partial charge in [0.25, 0.3) is 0 Å². The predicted molar refractivity (Wildman–Crippen MR) is 70.6 cm³/mol. The third-order valence-electron chi connectivity index (χ3n) is 4.18. The second kappa shape index (κ2) is 4.81. The highest BCUT2D eigenvalue weighted by Gasteiger charge is 2.34. The number of aromatic nitrogens is 2. The van der Waals surface area contributed by atoms with Gasteiger partial charge in [0.05, 0.1) is 6.20 Å². The Morgan fingerprint density at radius 3 is 2.94 bits per heavy atom. The quantitative estimate of drug-likeness (QED) is 0.875. The molecular weight excluding hydrogens is 210 g/mol. The van der Waals surface area contributed by atoms with Gasteiger partial charge in [-0.1, -0.05) is 26.7 Å². The monoisotopic (exact) mass is 235 g/mol. The van der Waals surface area contributed by atoms with Gasteiger partial charge in [0, 0.05) is 18.8 Å². The Bertz CT molecular complexity index is 369. The van der Waals surface area contributed by atoms with Crippen molar-refractivity contribution in [3.63, 3.8) is 0 Å². The summed E-state index contributed by atoms with van der Waals surface area (Å²) in [6.07, 6.45) is 9.97. The molecule has 2 rings (SSSR count). The molecule has 0 amide bonds. The van der Waals surface area contributed by atoms with Crippen molar-refractivity contribution in [1.29, 1.82) is 0 Å². The lowest BCUT2D eigenvalue weighted by molar-refractivity contribution is 0.182. The average Bonchev–Trinajstić information content (AvgIpc) is 2.63. The molecule has 96 valence electrons. The summed E-state index contributed by atoms with van der Waals surface area (Å²) in [5, 5.41) is 4.23. The Hall–Kier alpha value is -0.830. The maximum absolute atomic E-state index is 6.59. The molecule has 1 heterocycles. The summed E-state index contributed by atoms with van der Waals surface area (Å²) >= 11 is 0. The summed E-state index contributed by atoms with van der Waals surface area (Å²) in [6.45, 7) is 4.64. The number of nitrogens with two attached hydrogens (primary N) is 1. The van der Waals surface area contributed by atoms with Crippen molar-refractivity contribution in [2.24, 2.45) is 24.6 Å². The molecular formula is C14H25N3. The topological polar surface area (TPSA) is 43.8 Å². The van der Waals surface area contributed by atoms with Gasteiger partial charge in [-0.2, -0.15) is 5.10 Å². The molecule has 1 aromatic heterocycles. The molecule has 17 heavy (non-hydrogen) atoms. The highest BCUT2D eigenvalue weighted by atomic mass is 15.2. The van der Waals surface area contributed by atoms with Gasteiger partial charge >= 0.3 is 0 Å². The fourth-order valence-corrected chi connectivity index (χ4v) is 3.14. The molecule has 0 aliphatic heterocycles. The highest BCUT2D eigenvalue weighted by molar-refractivity contribution is 5.10. The summed E-state index contributed by atoms with van der Waals surface area (Å²) in [4.78, 5) is 0. The van der Waals surface area contributed by atoms with Gasteiger partial charge in [-0.05, 0) is 36.7 Å². The lowest BCUT2D eigenvalue weighted by Gasteiger charge is -2.39. The molecule has 1 aromatic rings. The second-order valence-corrected chi connectivity index (χ2v) is 6.16. The highest BCUT2D eigenvalue weighted by Crippen LogP contribution is 2.36. The van der Waals surface area contributed by atoms with E-state index in [2.05, 4.69) is 25.1 Å². The molecule has 3 heteroatoms. The minimum atomic E-state index is -0.00375. The van der Waals surface area contributed by atoms with Gasteiger partial charge in [0.2, 0.25) is 0 Å². The van der Waals surface area contributed by atoms with Crippen molar-refractivity contribution in [1.82, 2.24) is 9.78 Å². The zero-order valence-corrected chi connectivity index (χ0v) is 11.3. The van der Waals surface area contributed by atoms with E-state index in [1.54, 1.807) is 0 Å². The van der Waals surface area contributed by atoms with Crippen LogP contribution in [0.2, 0.25) is 0 Å². The zero-order valence-electron chi connectivity index (χ0n) is 11.3. The van der Waals surface area contributed by atoms with Crippen LogP contribution in [0.4, 0.5) is 0 Å². The first-order chi connectivity index (χ1) is 7.98. The third kappa shape index (κ3) is 3.09. The van der Waals surface area contributed by atoms with Crippen molar-refractivity contribution in [2.45, 2.75) is 51.5 Å². The van der Waals surface area contributed by atoms with E-state index in [1.165, 1.54) is 24.8 Å². The number of hydrogen-bond acceptors (Lipinski definition) is 2. The number of aryl methyl sites for hydroxylation is 1. The van der Waals surface area contributed by atoms with E-state index in [0.29, 0.717) is 0 Å². The number of nitrogens with zero attached hydrogens (tertiary/aromatic N) is 2. The molecule has 0 aromatic carbocycles. The summed E-state index contributed by atoms with van der Waals surface area (Å²) < 4.78 is 1.86. The summed E-state index contributed by atoms with van der Waals surface area (Å²) in [7, 11) is 1.96. The Labute approximate surface area is 104 Å². The standard InChI is InChI=1S/C14H25N3/c1-11(2)13-5-4-6-14(15,8-13)7-12-9-16-17(3)10-12/h9-11,13H,4-8,15H2,1-3H3. The van der Waals surface area contributed by atoms with E-state index >= 15 is 0 Å². The smallest absolute Gasteiger partial charge is 0.0522 e. The van der Waals surface area contributed by atoms with Crippen LogP contribution in [0.5, 0.6) is 0 Å². The maximum Gasteiger partial charge on any atom is 0.0522 e. The predicted octanol–water partition coefficient (Wildman–Crippen LogP) is 2.51.